The number of ether oxygens (including phenoxy) is 1. The number of nitrogens with one attached hydrogen (secondary N) is 1. The van der Waals surface area contributed by atoms with Gasteiger partial charge in [0.05, 0.1) is 31.2 Å². The van der Waals surface area contributed by atoms with Crippen LogP contribution in [0.2, 0.25) is 5.02 Å². The maximum atomic E-state index is 12.0. The van der Waals surface area contributed by atoms with Crippen molar-refractivity contribution < 1.29 is 9.53 Å². The van der Waals surface area contributed by atoms with E-state index in [2.05, 4.69) is 35.4 Å². The van der Waals surface area contributed by atoms with Crippen LogP contribution in [0.1, 0.15) is 42.6 Å². The molecular formula is C23H29ClN6O2. The van der Waals surface area contributed by atoms with Gasteiger partial charge in [0.2, 0.25) is 0 Å². The molecule has 170 valence electrons. The Kier molecular flexibility index (Phi) is 6.42. The number of nitrogens with zero attached hydrogens (tertiary/aromatic N) is 4. The summed E-state index contributed by atoms with van der Waals surface area (Å²) in [6.45, 7) is 4.79. The fourth-order valence-electron chi connectivity index (χ4n) is 4.77. The molecule has 2 heterocycles. The first-order chi connectivity index (χ1) is 15.3. The van der Waals surface area contributed by atoms with Gasteiger partial charge in [0, 0.05) is 34.9 Å². The number of primary amides is 1. The van der Waals surface area contributed by atoms with Gasteiger partial charge in [0.25, 0.3) is 5.91 Å². The van der Waals surface area contributed by atoms with E-state index in [-0.39, 0.29) is 17.4 Å². The molecule has 4 rings (SSSR count). The maximum Gasteiger partial charge on any atom is 0.254 e. The minimum absolute atomic E-state index is 0.105. The van der Waals surface area contributed by atoms with Crippen molar-refractivity contribution >= 4 is 29.0 Å². The van der Waals surface area contributed by atoms with Crippen LogP contribution in [0, 0.1) is 22.7 Å². The highest BCUT2D eigenvalue weighted by Gasteiger charge is 2.39. The molecule has 0 spiro atoms. The first-order valence-corrected chi connectivity index (χ1v) is 11.2. The Morgan fingerprint density at radius 2 is 2.12 bits per heavy atom. The van der Waals surface area contributed by atoms with Crippen LogP contribution in [-0.2, 0) is 4.74 Å². The lowest BCUT2D eigenvalue weighted by Gasteiger charge is -2.45. The van der Waals surface area contributed by atoms with Gasteiger partial charge in [-0.15, -0.1) is 0 Å². The van der Waals surface area contributed by atoms with Crippen LogP contribution >= 0.6 is 11.6 Å². The van der Waals surface area contributed by atoms with Gasteiger partial charge in [-0.3, -0.25) is 9.48 Å². The van der Waals surface area contributed by atoms with Crippen molar-refractivity contribution in [2.75, 3.05) is 32.1 Å². The number of carbonyl (C=O) groups is 1. The second-order valence-electron chi connectivity index (χ2n) is 9.36. The number of anilines is 2. The van der Waals surface area contributed by atoms with E-state index in [1.165, 1.54) is 0 Å². The molecule has 3 N–H and O–H groups in total. The molecule has 1 saturated heterocycles. The summed E-state index contributed by atoms with van der Waals surface area (Å²) in [5.41, 5.74) is 6.86. The topological polar surface area (TPSA) is 109 Å². The molecule has 2 aliphatic rings. The normalized spacial score (nSPS) is 24.5. The molecule has 1 aromatic carbocycles. The van der Waals surface area contributed by atoms with Crippen LogP contribution in [0.15, 0.2) is 30.5 Å². The van der Waals surface area contributed by atoms with E-state index in [1.807, 2.05) is 0 Å². The highest BCUT2D eigenvalue weighted by atomic mass is 35.5. The SMILES string of the molecule is CN(CC1(C)COC1)C1CCC(n2cc(C(N)=O)c(Nc3ccc(Cl)cc3)n2)C(C#N)C1. The van der Waals surface area contributed by atoms with Crippen LogP contribution < -0.4 is 11.1 Å². The Hall–Kier alpha value is -2.60. The molecule has 1 amide bonds. The van der Waals surface area contributed by atoms with E-state index in [0.717, 1.165) is 44.7 Å². The number of hydrogen-bond donors (Lipinski definition) is 2. The van der Waals surface area contributed by atoms with Gasteiger partial charge < -0.3 is 20.7 Å². The predicted molar refractivity (Wildman–Crippen MR) is 123 cm³/mol. The lowest BCUT2D eigenvalue weighted by Crippen LogP contribution is -2.51. The smallest absolute Gasteiger partial charge is 0.254 e. The molecule has 8 nitrogen and oxygen atoms in total. The summed E-state index contributed by atoms with van der Waals surface area (Å²) in [4.78, 5) is 14.4. The monoisotopic (exact) mass is 456 g/mol. The zero-order valence-corrected chi connectivity index (χ0v) is 19.2. The number of nitriles is 1. The van der Waals surface area contributed by atoms with Crippen molar-refractivity contribution in [3.05, 3.63) is 41.0 Å². The van der Waals surface area contributed by atoms with Crippen LogP contribution in [0.5, 0.6) is 0 Å². The average Bonchev–Trinajstić information content (AvgIpc) is 3.17. The third-order valence-corrected chi connectivity index (χ3v) is 6.80. The first-order valence-electron chi connectivity index (χ1n) is 10.9. The summed E-state index contributed by atoms with van der Waals surface area (Å²) in [6.07, 6.45) is 4.19. The molecule has 1 aromatic heterocycles. The molecular weight excluding hydrogens is 428 g/mol. The zero-order valence-electron chi connectivity index (χ0n) is 18.4. The molecule has 9 heteroatoms. The second-order valence-corrected chi connectivity index (χ2v) is 9.79. The third kappa shape index (κ3) is 4.75. The number of aromatic nitrogens is 2. The summed E-state index contributed by atoms with van der Waals surface area (Å²) in [5.74, 6) is -0.384. The highest BCUT2D eigenvalue weighted by Crippen LogP contribution is 2.38. The lowest BCUT2D eigenvalue weighted by atomic mass is 9.80. The Morgan fingerprint density at radius 1 is 1.41 bits per heavy atom. The van der Waals surface area contributed by atoms with Crippen LogP contribution in [0.3, 0.4) is 0 Å². The molecule has 1 aliphatic heterocycles. The van der Waals surface area contributed by atoms with Gasteiger partial charge in [0.1, 0.15) is 5.56 Å². The van der Waals surface area contributed by atoms with E-state index < -0.39 is 5.91 Å². The quantitative estimate of drug-likeness (QED) is 0.659. The Bertz CT molecular complexity index is 1010. The number of nitrogens with two attached hydrogens (primary N) is 1. The lowest BCUT2D eigenvalue weighted by molar-refractivity contribution is -0.118. The molecule has 0 radical (unpaired) electrons. The minimum Gasteiger partial charge on any atom is -0.380 e. The van der Waals surface area contributed by atoms with Crippen LogP contribution in [0.4, 0.5) is 11.5 Å². The second kappa shape index (κ2) is 9.10. The third-order valence-electron chi connectivity index (χ3n) is 6.55. The molecule has 3 unspecified atom stereocenters. The predicted octanol–water partition coefficient (Wildman–Crippen LogP) is 3.58. The molecule has 32 heavy (non-hydrogen) atoms. The van der Waals surface area contributed by atoms with Crippen molar-refractivity contribution in [2.24, 2.45) is 17.1 Å². The van der Waals surface area contributed by atoms with Gasteiger partial charge in [-0.05, 0) is 50.6 Å². The summed E-state index contributed by atoms with van der Waals surface area (Å²) >= 11 is 5.95. The number of benzene rings is 1. The number of amides is 1. The molecule has 3 atom stereocenters. The minimum atomic E-state index is -0.564. The van der Waals surface area contributed by atoms with Crippen molar-refractivity contribution in [3.63, 3.8) is 0 Å². The van der Waals surface area contributed by atoms with E-state index in [1.54, 1.807) is 35.1 Å². The zero-order chi connectivity index (χ0) is 22.9. The van der Waals surface area contributed by atoms with Gasteiger partial charge in [-0.2, -0.15) is 10.4 Å². The Labute approximate surface area is 193 Å². The Morgan fingerprint density at radius 3 is 2.72 bits per heavy atom. The van der Waals surface area contributed by atoms with Crippen molar-refractivity contribution in [3.8, 4) is 6.07 Å². The fraction of sp³-hybridized carbons (Fsp3) is 0.522. The van der Waals surface area contributed by atoms with Gasteiger partial charge in [-0.25, -0.2) is 0 Å². The summed E-state index contributed by atoms with van der Waals surface area (Å²) in [5, 5.41) is 18.3. The Balaban J connectivity index is 1.49. The summed E-state index contributed by atoms with van der Waals surface area (Å²) in [6, 6.07) is 9.83. The van der Waals surface area contributed by atoms with Crippen LogP contribution in [0.25, 0.3) is 0 Å². The molecule has 0 bridgehead atoms. The average molecular weight is 457 g/mol. The standard InChI is InChI=1S/C23H29ClN6O2/c1-23(13-32-14-23)12-29(2)18-7-8-20(15(9-18)10-25)30-11-19(21(26)31)22(28-30)27-17-5-3-16(24)4-6-17/h3-6,11,15,18,20H,7-9,12-14H2,1-2H3,(H2,26,31)(H,27,28). The molecule has 1 saturated carbocycles. The highest BCUT2D eigenvalue weighted by molar-refractivity contribution is 6.30. The van der Waals surface area contributed by atoms with Gasteiger partial charge in [0.15, 0.2) is 5.82 Å². The number of halogens is 1. The summed E-state index contributed by atoms with van der Waals surface area (Å²) in [7, 11) is 2.14. The van der Waals surface area contributed by atoms with Crippen molar-refractivity contribution in [1.29, 1.82) is 5.26 Å². The van der Waals surface area contributed by atoms with E-state index in [4.69, 9.17) is 22.1 Å². The first kappa shape index (κ1) is 22.6. The van der Waals surface area contributed by atoms with Gasteiger partial charge in [-0.1, -0.05) is 18.5 Å². The van der Waals surface area contributed by atoms with E-state index >= 15 is 0 Å². The van der Waals surface area contributed by atoms with Gasteiger partial charge >= 0.3 is 0 Å². The number of carbonyl (C=O) groups excluding carboxylic acids is 1. The number of hydrogen-bond acceptors (Lipinski definition) is 6. The molecule has 2 aromatic rings. The largest absolute Gasteiger partial charge is 0.380 e. The van der Waals surface area contributed by atoms with Crippen molar-refractivity contribution in [1.82, 2.24) is 14.7 Å². The van der Waals surface area contributed by atoms with Crippen molar-refractivity contribution in [2.45, 2.75) is 38.3 Å². The maximum absolute atomic E-state index is 12.0. The van der Waals surface area contributed by atoms with E-state index in [9.17, 15) is 10.1 Å². The number of rotatable bonds is 7. The van der Waals surface area contributed by atoms with Crippen LogP contribution in [-0.4, -0.2) is 53.4 Å². The molecule has 2 fully saturated rings. The molecule has 1 aliphatic carbocycles. The summed E-state index contributed by atoms with van der Waals surface area (Å²) < 4.78 is 7.12. The van der Waals surface area contributed by atoms with E-state index in [0.29, 0.717) is 22.4 Å². The fourth-order valence-corrected chi connectivity index (χ4v) is 4.89.